The van der Waals surface area contributed by atoms with Gasteiger partial charge in [-0.1, -0.05) is 39.0 Å². The zero-order valence-corrected chi connectivity index (χ0v) is 30.0. The first-order chi connectivity index (χ1) is 20.0. The molecule has 0 aliphatic carbocycles. The van der Waals surface area contributed by atoms with E-state index < -0.39 is 31.7 Å². The number of anilines is 2. The van der Waals surface area contributed by atoms with E-state index in [-0.39, 0.29) is 11.1 Å². The molecule has 0 aliphatic rings. The van der Waals surface area contributed by atoms with Crippen molar-refractivity contribution in [1.29, 1.82) is 0 Å². The van der Waals surface area contributed by atoms with Crippen molar-refractivity contribution in [2.45, 2.75) is 118 Å². The molecule has 1 aromatic heterocycles. The maximum absolute atomic E-state index is 13.6. The second-order valence-corrected chi connectivity index (χ2v) is 20.0. The maximum Gasteiger partial charge on any atom is 0.419 e. The van der Waals surface area contributed by atoms with E-state index in [9.17, 15) is 9.59 Å². The zero-order valence-electron chi connectivity index (χ0n) is 29.0. The molecule has 2 aromatic carbocycles. The molecule has 0 bridgehead atoms. The number of carbonyl (C=O) groups is 2. The van der Waals surface area contributed by atoms with Gasteiger partial charge in [0.05, 0.1) is 17.3 Å². The van der Waals surface area contributed by atoms with E-state index in [1.54, 1.807) is 15.5 Å². The Kier molecular flexibility index (Phi) is 10.1. The molecule has 1 amide bonds. The van der Waals surface area contributed by atoms with Gasteiger partial charge in [-0.15, -0.1) is 0 Å². The van der Waals surface area contributed by atoms with E-state index in [0.717, 1.165) is 33.3 Å². The van der Waals surface area contributed by atoms with Crippen LogP contribution in [0.5, 0.6) is 0 Å². The summed E-state index contributed by atoms with van der Waals surface area (Å²) in [5.41, 5.74) is 9.48. The molecule has 3 rings (SSSR count). The third-order valence-corrected chi connectivity index (χ3v) is 12.5. The van der Waals surface area contributed by atoms with Crippen molar-refractivity contribution >= 4 is 42.8 Å². The van der Waals surface area contributed by atoms with E-state index in [2.05, 4.69) is 40.8 Å². The van der Waals surface area contributed by atoms with Gasteiger partial charge in [-0.25, -0.2) is 9.59 Å². The van der Waals surface area contributed by atoms with Crippen molar-refractivity contribution in [3.05, 3.63) is 59.3 Å². The Morgan fingerprint density at radius 2 is 1.57 bits per heavy atom. The van der Waals surface area contributed by atoms with Gasteiger partial charge in [-0.2, -0.15) is 0 Å². The summed E-state index contributed by atoms with van der Waals surface area (Å²) in [4.78, 5) is 28.8. The number of hydrogen-bond acceptors (Lipinski definition) is 6. The number of aryl methyl sites for hydroxylation is 1. The van der Waals surface area contributed by atoms with Crippen LogP contribution in [0.3, 0.4) is 0 Å². The Morgan fingerprint density at radius 1 is 0.955 bits per heavy atom. The number of nitrogens with zero attached hydrogens (tertiary/aromatic N) is 2. The first kappa shape index (κ1) is 35.2. The highest BCUT2D eigenvalue weighted by Crippen LogP contribution is 2.41. The molecule has 0 aliphatic heterocycles. The Morgan fingerprint density at radius 3 is 2.11 bits per heavy atom. The standard InChI is InChI=1S/C35H53N3O5Si/c1-23-21-26(36)17-18-29(23)37(31(39)41-33(3,4)5)20-19-25-22-38(32(40)42-34(6,7)8)30-27(15-14-16-28(25)30)24(2)43-44(12,13)35(9,10)11/h14-18,21-22,24H,19-20,36H2,1-13H3. The topological polar surface area (TPSA) is 96.0 Å². The van der Waals surface area contributed by atoms with Crippen LogP contribution in [0, 0.1) is 6.92 Å². The van der Waals surface area contributed by atoms with Crippen LogP contribution in [-0.4, -0.2) is 42.8 Å². The normalized spacial score (nSPS) is 13.6. The number of benzene rings is 2. The summed E-state index contributed by atoms with van der Waals surface area (Å²) in [7, 11) is -2.12. The lowest BCUT2D eigenvalue weighted by Crippen LogP contribution is -2.41. The van der Waals surface area contributed by atoms with Crippen molar-refractivity contribution in [2.75, 3.05) is 17.2 Å². The molecule has 0 spiro atoms. The van der Waals surface area contributed by atoms with Crippen LogP contribution >= 0.6 is 0 Å². The van der Waals surface area contributed by atoms with E-state index >= 15 is 0 Å². The molecule has 0 saturated carbocycles. The number of aromatic nitrogens is 1. The quantitative estimate of drug-likeness (QED) is 0.208. The van der Waals surface area contributed by atoms with E-state index in [1.165, 1.54) is 0 Å². The fraction of sp³-hybridized carbons (Fsp3) is 0.543. The SMILES string of the molecule is Cc1cc(N)ccc1N(CCc1cn(C(=O)OC(C)(C)C)c2c(C(C)O[Si](C)(C)C(C)(C)C)cccc12)C(=O)OC(C)(C)C. The predicted molar refractivity (Wildman–Crippen MR) is 183 cm³/mol. The molecule has 3 aromatic rings. The van der Waals surface area contributed by atoms with Gasteiger partial charge in [0.2, 0.25) is 0 Å². The van der Waals surface area contributed by atoms with Crippen LogP contribution in [0.2, 0.25) is 18.1 Å². The van der Waals surface area contributed by atoms with Gasteiger partial charge in [0.25, 0.3) is 0 Å². The van der Waals surface area contributed by atoms with Crippen LogP contribution in [0.4, 0.5) is 21.0 Å². The molecule has 9 heteroatoms. The molecule has 0 fully saturated rings. The van der Waals surface area contributed by atoms with Gasteiger partial charge in [0.15, 0.2) is 8.32 Å². The van der Waals surface area contributed by atoms with Crippen LogP contribution in [0.1, 0.15) is 92.0 Å². The van der Waals surface area contributed by atoms with Crippen LogP contribution in [0.25, 0.3) is 10.9 Å². The number of carbonyl (C=O) groups excluding carboxylic acids is 2. The lowest BCUT2D eigenvalue weighted by molar-refractivity contribution is 0.0539. The highest BCUT2D eigenvalue weighted by molar-refractivity contribution is 6.74. The Balaban J connectivity index is 2.12. The molecule has 0 radical (unpaired) electrons. The fourth-order valence-electron chi connectivity index (χ4n) is 4.88. The number of nitrogens with two attached hydrogens (primary N) is 1. The second kappa shape index (κ2) is 12.6. The minimum Gasteiger partial charge on any atom is -0.443 e. The average Bonchev–Trinajstić information content (AvgIpc) is 3.21. The first-order valence-corrected chi connectivity index (χ1v) is 18.3. The van der Waals surface area contributed by atoms with Crippen molar-refractivity contribution in [1.82, 2.24) is 4.57 Å². The summed E-state index contributed by atoms with van der Waals surface area (Å²) in [6.45, 7) is 26.5. The number of fused-ring (bicyclic) bond motifs is 1. The minimum absolute atomic E-state index is 0.0266. The third-order valence-electron chi connectivity index (χ3n) is 7.98. The Bertz CT molecular complexity index is 1510. The maximum atomic E-state index is 13.6. The van der Waals surface area contributed by atoms with Gasteiger partial charge in [0.1, 0.15) is 11.2 Å². The highest BCUT2D eigenvalue weighted by Gasteiger charge is 2.39. The molecule has 0 saturated heterocycles. The van der Waals surface area contributed by atoms with Gasteiger partial charge in [0, 0.05) is 29.4 Å². The molecule has 242 valence electrons. The Labute approximate surface area is 265 Å². The fourth-order valence-corrected chi connectivity index (χ4v) is 6.25. The Hall–Kier alpha value is -3.30. The summed E-state index contributed by atoms with van der Waals surface area (Å²) < 4.78 is 20.0. The van der Waals surface area contributed by atoms with Crippen molar-refractivity contribution in [2.24, 2.45) is 0 Å². The van der Waals surface area contributed by atoms with E-state index in [0.29, 0.717) is 18.7 Å². The molecule has 44 heavy (non-hydrogen) atoms. The van der Waals surface area contributed by atoms with E-state index in [4.69, 9.17) is 19.6 Å². The summed E-state index contributed by atoms with van der Waals surface area (Å²) in [5, 5.41) is 0.941. The van der Waals surface area contributed by atoms with Crippen LogP contribution in [0.15, 0.2) is 42.6 Å². The summed E-state index contributed by atoms with van der Waals surface area (Å²) in [6, 6.07) is 11.5. The van der Waals surface area contributed by atoms with Crippen molar-refractivity contribution in [3.63, 3.8) is 0 Å². The summed E-state index contributed by atoms with van der Waals surface area (Å²) in [6.07, 6.45) is 1.15. The second-order valence-electron chi connectivity index (χ2n) is 15.2. The third kappa shape index (κ3) is 8.44. The summed E-state index contributed by atoms with van der Waals surface area (Å²) >= 11 is 0. The smallest absolute Gasteiger partial charge is 0.419 e. The number of para-hydroxylation sites is 1. The van der Waals surface area contributed by atoms with Gasteiger partial charge >= 0.3 is 12.2 Å². The van der Waals surface area contributed by atoms with Crippen molar-refractivity contribution in [3.8, 4) is 0 Å². The van der Waals surface area contributed by atoms with Gasteiger partial charge in [-0.3, -0.25) is 9.47 Å². The average molecular weight is 624 g/mol. The van der Waals surface area contributed by atoms with Crippen LogP contribution in [-0.2, 0) is 20.3 Å². The highest BCUT2D eigenvalue weighted by atomic mass is 28.4. The van der Waals surface area contributed by atoms with Gasteiger partial charge < -0.3 is 19.6 Å². The predicted octanol–water partition coefficient (Wildman–Crippen LogP) is 9.38. The lowest BCUT2D eigenvalue weighted by Gasteiger charge is -2.38. The molecule has 1 unspecified atom stereocenters. The van der Waals surface area contributed by atoms with Gasteiger partial charge in [-0.05, 0) is 109 Å². The number of nitrogen functional groups attached to an aromatic ring is 1. The van der Waals surface area contributed by atoms with Crippen LogP contribution < -0.4 is 10.6 Å². The number of ether oxygens (including phenoxy) is 2. The number of rotatable bonds is 7. The minimum atomic E-state index is -2.12. The molecule has 1 atom stereocenters. The zero-order chi connectivity index (χ0) is 33.4. The van der Waals surface area contributed by atoms with Crippen molar-refractivity contribution < 1.29 is 23.5 Å². The molecule has 1 heterocycles. The molecular weight excluding hydrogens is 570 g/mol. The summed E-state index contributed by atoms with van der Waals surface area (Å²) in [5.74, 6) is 0. The monoisotopic (exact) mass is 623 g/mol. The van der Waals surface area contributed by atoms with E-state index in [1.807, 2.05) is 85.0 Å². The molecule has 8 nitrogen and oxygen atoms in total. The first-order valence-electron chi connectivity index (χ1n) is 15.4. The molecular formula is C35H53N3O5Si. The largest absolute Gasteiger partial charge is 0.443 e. The lowest BCUT2D eigenvalue weighted by atomic mass is 10.0. The number of hydrogen-bond donors (Lipinski definition) is 1. The molecule has 2 N–H and O–H groups in total. The number of amides is 1.